The highest BCUT2D eigenvalue weighted by molar-refractivity contribution is 7.92. The molecule has 1 aromatic carbocycles. The zero-order valence-electron chi connectivity index (χ0n) is 19.3. The lowest BCUT2D eigenvalue weighted by molar-refractivity contribution is -0.133. The average Bonchev–Trinajstić information content (AvgIpc) is 2.75. The van der Waals surface area contributed by atoms with Crippen LogP contribution in [0.25, 0.3) is 5.57 Å². The van der Waals surface area contributed by atoms with Gasteiger partial charge in [0.05, 0.1) is 5.92 Å². The summed E-state index contributed by atoms with van der Waals surface area (Å²) in [6.45, 7) is 6.17. The summed E-state index contributed by atoms with van der Waals surface area (Å²) >= 11 is 0. The molecule has 0 aromatic heterocycles. The van der Waals surface area contributed by atoms with E-state index < -0.39 is 20.5 Å². The molecule has 2 heterocycles. The Bertz CT molecular complexity index is 1100. The van der Waals surface area contributed by atoms with E-state index in [1.807, 2.05) is 12.1 Å². The molecule has 2 amide bonds. The number of benzene rings is 1. The van der Waals surface area contributed by atoms with Crippen LogP contribution in [0.2, 0.25) is 0 Å². The number of hydroxylamine groups is 1. The molecular weight excluding hydrogens is 442 g/mol. The molecule has 9 heteroatoms. The summed E-state index contributed by atoms with van der Waals surface area (Å²) in [5.74, 6) is 5.84. The van der Waals surface area contributed by atoms with E-state index in [1.54, 1.807) is 11.8 Å². The predicted molar refractivity (Wildman–Crippen MR) is 126 cm³/mol. The van der Waals surface area contributed by atoms with E-state index in [2.05, 4.69) is 34.9 Å². The van der Waals surface area contributed by atoms with E-state index >= 15 is 0 Å². The molecule has 0 saturated carbocycles. The van der Waals surface area contributed by atoms with Gasteiger partial charge in [-0.1, -0.05) is 30.0 Å². The van der Waals surface area contributed by atoms with E-state index in [0.29, 0.717) is 26.2 Å². The molecule has 1 saturated heterocycles. The van der Waals surface area contributed by atoms with Gasteiger partial charge in [0.15, 0.2) is 14.6 Å². The van der Waals surface area contributed by atoms with Crippen molar-refractivity contribution in [2.45, 2.75) is 31.4 Å². The van der Waals surface area contributed by atoms with Crippen LogP contribution in [-0.2, 0) is 19.4 Å². The summed E-state index contributed by atoms with van der Waals surface area (Å²) in [5, 5.41) is 8.95. The van der Waals surface area contributed by atoms with Gasteiger partial charge in [0.25, 0.3) is 5.91 Å². The standard InChI is InChI=1S/C24H31N3O5S/c1-18(28)27-16-20(17-27)5-4-19-6-8-21(9-7-19)22-10-13-26(14-11-22)15-12-24(2,23(29)25-30)33(3,31)32/h6-10,20,30H,11-17H2,1-3H3,(H,25,29). The van der Waals surface area contributed by atoms with E-state index in [-0.39, 0.29) is 18.2 Å². The second kappa shape index (κ2) is 10.1. The zero-order chi connectivity index (χ0) is 24.2. The minimum Gasteiger partial charge on any atom is -0.340 e. The van der Waals surface area contributed by atoms with Crippen molar-refractivity contribution in [3.8, 4) is 11.8 Å². The number of hydrogen-bond donors (Lipinski definition) is 2. The van der Waals surface area contributed by atoms with Gasteiger partial charge in [-0.05, 0) is 43.0 Å². The van der Waals surface area contributed by atoms with Crippen molar-refractivity contribution in [2.75, 3.05) is 39.0 Å². The lowest BCUT2D eigenvalue weighted by Crippen LogP contribution is -2.51. The third-order valence-corrected chi connectivity index (χ3v) is 8.63. The van der Waals surface area contributed by atoms with Crippen molar-refractivity contribution in [3.63, 3.8) is 0 Å². The van der Waals surface area contributed by atoms with E-state index in [4.69, 9.17) is 5.21 Å². The summed E-state index contributed by atoms with van der Waals surface area (Å²) in [7, 11) is -3.69. The lowest BCUT2D eigenvalue weighted by atomic mass is 9.97. The van der Waals surface area contributed by atoms with Gasteiger partial charge < -0.3 is 4.90 Å². The Kier molecular flexibility index (Phi) is 7.62. The second-order valence-corrected chi connectivity index (χ2v) is 11.4. The van der Waals surface area contributed by atoms with Crippen LogP contribution >= 0.6 is 0 Å². The quantitative estimate of drug-likeness (QED) is 0.367. The highest BCUT2D eigenvalue weighted by atomic mass is 32.2. The second-order valence-electron chi connectivity index (χ2n) is 8.94. The Balaban J connectivity index is 1.55. The van der Waals surface area contributed by atoms with Crippen LogP contribution in [0.1, 0.15) is 37.8 Å². The zero-order valence-corrected chi connectivity index (χ0v) is 20.1. The van der Waals surface area contributed by atoms with Gasteiger partial charge in [-0.3, -0.25) is 19.7 Å². The van der Waals surface area contributed by atoms with Crippen molar-refractivity contribution in [1.29, 1.82) is 0 Å². The van der Waals surface area contributed by atoms with Crippen molar-refractivity contribution >= 4 is 27.2 Å². The highest BCUT2D eigenvalue weighted by Gasteiger charge is 2.43. The maximum atomic E-state index is 12.1. The fraction of sp³-hybridized carbons (Fsp3) is 0.500. The Hall–Kier alpha value is -2.67. The topological polar surface area (TPSA) is 107 Å². The minimum atomic E-state index is -3.69. The first kappa shape index (κ1) is 25.0. The number of rotatable bonds is 6. The molecule has 33 heavy (non-hydrogen) atoms. The summed E-state index contributed by atoms with van der Waals surface area (Å²) in [4.78, 5) is 27.1. The van der Waals surface area contributed by atoms with E-state index in [0.717, 1.165) is 30.3 Å². The third kappa shape index (κ3) is 5.82. The maximum absolute atomic E-state index is 12.1. The fourth-order valence-electron chi connectivity index (χ4n) is 3.91. The number of hydrogen-bond acceptors (Lipinski definition) is 6. The summed E-state index contributed by atoms with van der Waals surface area (Å²) in [5.41, 5.74) is 4.79. The minimum absolute atomic E-state index is 0.0943. The molecule has 2 N–H and O–H groups in total. The number of carbonyl (C=O) groups excluding carboxylic acids is 2. The number of likely N-dealkylation sites (tertiary alicyclic amines) is 1. The molecule has 0 bridgehead atoms. The van der Waals surface area contributed by atoms with E-state index in [9.17, 15) is 18.0 Å². The fourth-order valence-corrected chi connectivity index (χ4v) is 4.76. The number of nitrogens with zero attached hydrogens (tertiary/aromatic N) is 2. The molecule has 178 valence electrons. The van der Waals surface area contributed by atoms with Crippen molar-refractivity contribution in [2.24, 2.45) is 5.92 Å². The largest absolute Gasteiger partial charge is 0.340 e. The summed E-state index contributed by atoms with van der Waals surface area (Å²) in [6, 6.07) is 8.12. The van der Waals surface area contributed by atoms with Gasteiger partial charge in [-0.2, -0.15) is 0 Å². The van der Waals surface area contributed by atoms with Crippen LogP contribution in [0, 0.1) is 17.8 Å². The molecule has 1 fully saturated rings. The number of sulfone groups is 1. The van der Waals surface area contributed by atoms with Crippen molar-refractivity contribution < 1.29 is 23.2 Å². The Morgan fingerprint density at radius 3 is 2.42 bits per heavy atom. The molecule has 2 aliphatic heterocycles. The van der Waals surface area contributed by atoms with Crippen LogP contribution in [0.3, 0.4) is 0 Å². The molecular formula is C24H31N3O5S. The van der Waals surface area contributed by atoms with Crippen molar-refractivity contribution in [1.82, 2.24) is 15.3 Å². The maximum Gasteiger partial charge on any atom is 0.264 e. The molecule has 2 aliphatic rings. The molecule has 3 rings (SSSR count). The van der Waals surface area contributed by atoms with Gasteiger partial charge >= 0.3 is 0 Å². The molecule has 1 aromatic rings. The van der Waals surface area contributed by atoms with E-state index in [1.165, 1.54) is 18.0 Å². The van der Waals surface area contributed by atoms with Crippen LogP contribution in [0.4, 0.5) is 0 Å². The first-order valence-electron chi connectivity index (χ1n) is 11.0. The third-order valence-electron chi connectivity index (χ3n) is 6.60. The molecule has 1 atom stereocenters. The Morgan fingerprint density at radius 2 is 1.91 bits per heavy atom. The normalized spacial score (nSPS) is 18.9. The van der Waals surface area contributed by atoms with Gasteiger partial charge in [0.2, 0.25) is 5.91 Å². The van der Waals surface area contributed by atoms with Crippen LogP contribution < -0.4 is 5.48 Å². The first-order chi connectivity index (χ1) is 15.5. The van der Waals surface area contributed by atoms with Gasteiger partial charge in [-0.25, -0.2) is 13.9 Å². The molecule has 0 aliphatic carbocycles. The summed E-state index contributed by atoms with van der Waals surface area (Å²) < 4.78 is 22.5. The van der Waals surface area contributed by atoms with Crippen LogP contribution in [0.15, 0.2) is 30.3 Å². The molecule has 0 radical (unpaired) electrons. The number of amides is 2. The monoisotopic (exact) mass is 473 g/mol. The predicted octanol–water partition coefficient (Wildman–Crippen LogP) is 1.30. The summed E-state index contributed by atoms with van der Waals surface area (Å²) in [6.07, 6.45) is 4.05. The van der Waals surface area contributed by atoms with Crippen LogP contribution in [-0.4, -0.2) is 79.0 Å². The number of nitrogens with one attached hydrogen (secondary N) is 1. The lowest BCUT2D eigenvalue weighted by Gasteiger charge is -2.35. The van der Waals surface area contributed by atoms with Gasteiger partial charge in [0.1, 0.15) is 0 Å². The molecule has 0 spiro atoms. The average molecular weight is 474 g/mol. The SMILES string of the molecule is CC(=O)N1CC(C#Cc2ccc(C3=CCN(CCC(C)(C(=O)NO)S(C)(=O)=O)CC3)cc2)C1. The van der Waals surface area contributed by atoms with Crippen molar-refractivity contribution in [3.05, 3.63) is 41.5 Å². The molecule has 8 nitrogen and oxygen atoms in total. The van der Waals surface area contributed by atoms with Gasteiger partial charge in [-0.15, -0.1) is 0 Å². The molecule has 1 unspecified atom stereocenters. The van der Waals surface area contributed by atoms with Gasteiger partial charge in [0, 0.05) is 51.5 Å². The smallest absolute Gasteiger partial charge is 0.264 e. The number of carbonyl (C=O) groups is 2. The highest BCUT2D eigenvalue weighted by Crippen LogP contribution is 2.26. The van der Waals surface area contributed by atoms with Crippen LogP contribution in [0.5, 0.6) is 0 Å². The first-order valence-corrected chi connectivity index (χ1v) is 12.9. The Morgan fingerprint density at radius 1 is 1.24 bits per heavy atom. The Labute approximate surface area is 195 Å².